The van der Waals surface area contributed by atoms with Gasteiger partial charge in [-0.1, -0.05) is 30.3 Å². The maximum atomic E-state index is 12.5. The molecule has 0 aliphatic rings. The lowest BCUT2D eigenvalue weighted by Crippen LogP contribution is -2.27. The predicted molar refractivity (Wildman–Crippen MR) is 133 cm³/mol. The minimum atomic E-state index is -3.70. The molecule has 0 bridgehead atoms. The van der Waals surface area contributed by atoms with Gasteiger partial charge in [0, 0.05) is 31.0 Å². The Labute approximate surface area is 198 Å². The van der Waals surface area contributed by atoms with Crippen molar-refractivity contribution in [2.45, 2.75) is 0 Å². The number of hydrogen-bond acceptors (Lipinski definition) is 5. The third kappa shape index (κ3) is 7.49. The maximum absolute atomic E-state index is 12.5. The average Bonchev–Trinajstić information content (AvgIpc) is 2.83. The van der Waals surface area contributed by atoms with E-state index in [1.165, 1.54) is 35.2 Å². The molecule has 3 aromatic carbocycles. The second-order valence-electron chi connectivity index (χ2n) is 7.49. The zero-order chi connectivity index (χ0) is 24.6. The van der Waals surface area contributed by atoms with E-state index in [0.717, 1.165) is 11.0 Å². The van der Waals surface area contributed by atoms with Crippen molar-refractivity contribution in [1.82, 2.24) is 4.90 Å². The molecule has 176 valence electrons. The van der Waals surface area contributed by atoms with Crippen LogP contribution in [0.2, 0.25) is 0 Å². The van der Waals surface area contributed by atoms with Crippen LogP contribution in [0.4, 0.5) is 11.4 Å². The minimum Gasteiger partial charge on any atom is -0.484 e. The zero-order valence-electron chi connectivity index (χ0n) is 18.8. The number of rotatable bonds is 9. The number of nitrogens with one attached hydrogen (secondary N) is 2. The predicted octanol–water partition coefficient (Wildman–Crippen LogP) is 3.82. The maximum Gasteiger partial charge on any atom is 0.259 e. The average molecular weight is 480 g/mol. The van der Waals surface area contributed by atoms with Gasteiger partial charge in [0.25, 0.3) is 21.8 Å². The van der Waals surface area contributed by atoms with Gasteiger partial charge in [0.05, 0.1) is 5.41 Å². The Morgan fingerprint density at radius 2 is 1.50 bits per heavy atom. The molecule has 2 N–H and O–H groups in total. The highest BCUT2D eigenvalue weighted by atomic mass is 32.2. The van der Waals surface area contributed by atoms with Gasteiger partial charge in [0.1, 0.15) is 5.75 Å². The number of carbonyl (C=O) groups is 2. The van der Waals surface area contributed by atoms with Gasteiger partial charge < -0.3 is 15.0 Å². The SMILES string of the molecule is CN(C)C(=O)COc1ccc(NC(=O)c2ccc(NS(=O)(=O)/C=C/c3ccccc3)cc2)cc1. The molecule has 0 atom stereocenters. The van der Waals surface area contributed by atoms with Crippen LogP contribution in [-0.4, -0.2) is 45.8 Å². The first-order valence-electron chi connectivity index (χ1n) is 10.3. The summed E-state index contributed by atoms with van der Waals surface area (Å²) in [4.78, 5) is 25.5. The molecule has 3 rings (SSSR count). The van der Waals surface area contributed by atoms with E-state index in [4.69, 9.17) is 4.74 Å². The summed E-state index contributed by atoms with van der Waals surface area (Å²) >= 11 is 0. The topological polar surface area (TPSA) is 105 Å². The molecule has 0 unspecified atom stereocenters. The fourth-order valence-corrected chi connectivity index (χ4v) is 3.60. The van der Waals surface area contributed by atoms with E-state index in [0.29, 0.717) is 22.7 Å². The molecule has 0 fully saturated rings. The summed E-state index contributed by atoms with van der Waals surface area (Å²) < 4.78 is 32.4. The van der Waals surface area contributed by atoms with Crippen molar-refractivity contribution >= 4 is 39.3 Å². The van der Waals surface area contributed by atoms with Crippen LogP contribution in [0.1, 0.15) is 15.9 Å². The molecule has 0 aliphatic carbocycles. The van der Waals surface area contributed by atoms with Crippen LogP contribution in [0.25, 0.3) is 6.08 Å². The third-order valence-electron chi connectivity index (χ3n) is 4.62. The molecule has 0 saturated carbocycles. The van der Waals surface area contributed by atoms with Crippen LogP contribution < -0.4 is 14.8 Å². The van der Waals surface area contributed by atoms with Gasteiger partial charge in [0.2, 0.25) is 0 Å². The number of benzene rings is 3. The normalized spacial score (nSPS) is 11.1. The van der Waals surface area contributed by atoms with Crippen LogP contribution >= 0.6 is 0 Å². The van der Waals surface area contributed by atoms with Gasteiger partial charge in [-0.05, 0) is 60.2 Å². The molecule has 9 heteroatoms. The van der Waals surface area contributed by atoms with Crippen molar-refractivity contribution in [3.63, 3.8) is 0 Å². The summed E-state index contributed by atoms with van der Waals surface area (Å²) in [6, 6.07) is 21.8. The van der Waals surface area contributed by atoms with Gasteiger partial charge in [-0.3, -0.25) is 14.3 Å². The Balaban J connectivity index is 1.55. The molecule has 0 saturated heterocycles. The van der Waals surface area contributed by atoms with Crippen LogP contribution in [0.15, 0.2) is 84.3 Å². The Morgan fingerprint density at radius 3 is 2.12 bits per heavy atom. The van der Waals surface area contributed by atoms with Crippen molar-refractivity contribution in [1.29, 1.82) is 0 Å². The molecule has 0 aromatic heterocycles. The molecule has 0 heterocycles. The van der Waals surface area contributed by atoms with Crippen molar-refractivity contribution in [2.24, 2.45) is 0 Å². The van der Waals surface area contributed by atoms with Crippen molar-refractivity contribution in [3.8, 4) is 5.75 Å². The lowest BCUT2D eigenvalue weighted by atomic mass is 10.2. The Morgan fingerprint density at radius 1 is 0.882 bits per heavy atom. The summed E-state index contributed by atoms with van der Waals surface area (Å²) in [6.45, 7) is -0.0726. The number of ether oxygens (including phenoxy) is 1. The zero-order valence-corrected chi connectivity index (χ0v) is 19.6. The summed E-state index contributed by atoms with van der Waals surface area (Å²) in [6.07, 6.45) is 1.50. The summed E-state index contributed by atoms with van der Waals surface area (Å²) in [5.74, 6) is -0.00341. The second-order valence-corrected chi connectivity index (χ2v) is 9.06. The number of hydrogen-bond donors (Lipinski definition) is 2. The molecule has 3 aromatic rings. The number of likely N-dealkylation sites (N-methyl/N-ethyl adjacent to an activating group) is 1. The van der Waals surface area contributed by atoms with Gasteiger partial charge in [-0.15, -0.1) is 0 Å². The van der Waals surface area contributed by atoms with Gasteiger partial charge >= 0.3 is 0 Å². The monoisotopic (exact) mass is 479 g/mol. The quantitative estimate of drug-likeness (QED) is 0.486. The van der Waals surface area contributed by atoms with E-state index < -0.39 is 10.0 Å². The standard InChI is InChI=1S/C25H25N3O5S/c1-28(2)24(29)18-33-23-14-12-21(13-15-23)26-25(30)20-8-10-22(11-9-20)27-34(31,32)17-16-19-6-4-3-5-7-19/h3-17,27H,18H2,1-2H3,(H,26,30)/b17-16+. The fraction of sp³-hybridized carbons (Fsp3) is 0.120. The summed E-state index contributed by atoms with van der Waals surface area (Å²) in [5.41, 5.74) is 2.01. The van der Waals surface area contributed by atoms with Gasteiger partial charge in [-0.25, -0.2) is 8.42 Å². The highest BCUT2D eigenvalue weighted by molar-refractivity contribution is 7.95. The lowest BCUT2D eigenvalue weighted by Gasteiger charge is -2.12. The number of sulfonamides is 1. The lowest BCUT2D eigenvalue weighted by molar-refractivity contribution is -0.130. The molecule has 2 amide bonds. The summed E-state index contributed by atoms with van der Waals surface area (Å²) in [5, 5.41) is 3.85. The summed E-state index contributed by atoms with van der Waals surface area (Å²) in [7, 11) is -0.405. The molecule has 0 radical (unpaired) electrons. The van der Waals surface area contributed by atoms with E-state index in [-0.39, 0.29) is 18.4 Å². The largest absolute Gasteiger partial charge is 0.484 e. The molecule has 0 aliphatic heterocycles. The number of carbonyl (C=O) groups excluding carboxylic acids is 2. The smallest absolute Gasteiger partial charge is 0.259 e. The van der Waals surface area contributed by atoms with Crippen LogP contribution in [0, 0.1) is 0 Å². The van der Waals surface area contributed by atoms with Crippen molar-refractivity contribution in [2.75, 3.05) is 30.7 Å². The molecule has 0 spiro atoms. The molecule has 8 nitrogen and oxygen atoms in total. The van der Waals surface area contributed by atoms with Crippen molar-refractivity contribution in [3.05, 3.63) is 95.4 Å². The van der Waals surface area contributed by atoms with Gasteiger partial charge in [0.15, 0.2) is 6.61 Å². The van der Waals surface area contributed by atoms with E-state index in [1.54, 1.807) is 50.5 Å². The minimum absolute atomic E-state index is 0.0726. The van der Waals surface area contributed by atoms with E-state index >= 15 is 0 Å². The first-order chi connectivity index (χ1) is 16.2. The number of amides is 2. The number of anilines is 2. The highest BCUT2D eigenvalue weighted by Crippen LogP contribution is 2.18. The molecular formula is C25H25N3O5S. The Hall–Kier alpha value is -4.11. The molecular weight excluding hydrogens is 454 g/mol. The van der Waals surface area contributed by atoms with Crippen LogP contribution in [0.3, 0.4) is 0 Å². The van der Waals surface area contributed by atoms with E-state index in [9.17, 15) is 18.0 Å². The fourth-order valence-electron chi connectivity index (χ4n) is 2.73. The third-order valence-corrected chi connectivity index (χ3v) is 5.63. The van der Waals surface area contributed by atoms with E-state index in [2.05, 4.69) is 10.0 Å². The van der Waals surface area contributed by atoms with Crippen molar-refractivity contribution < 1.29 is 22.7 Å². The first kappa shape index (κ1) is 24.5. The number of nitrogens with zero attached hydrogens (tertiary/aromatic N) is 1. The Bertz CT molecular complexity index is 1250. The van der Waals surface area contributed by atoms with Crippen LogP contribution in [-0.2, 0) is 14.8 Å². The second kappa shape index (κ2) is 11.2. The molecule has 34 heavy (non-hydrogen) atoms. The highest BCUT2D eigenvalue weighted by Gasteiger charge is 2.10. The first-order valence-corrected chi connectivity index (χ1v) is 11.9. The van der Waals surface area contributed by atoms with E-state index in [1.807, 2.05) is 18.2 Å². The van der Waals surface area contributed by atoms with Gasteiger partial charge in [-0.2, -0.15) is 0 Å². The van der Waals surface area contributed by atoms with Crippen LogP contribution in [0.5, 0.6) is 5.75 Å². The Kier molecular flexibility index (Phi) is 8.05.